The van der Waals surface area contributed by atoms with Gasteiger partial charge < -0.3 is 10.4 Å². The summed E-state index contributed by atoms with van der Waals surface area (Å²) in [6.45, 7) is -0.452. The molecule has 20 heavy (non-hydrogen) atoms. The number of carbonyl (C=O) groups is 2. The Morgan fingerprint density at radius 1 is 1.25 bits per heavy atom. The van der Waals surface area contributed by atoms with E-state index in [1.807, 2.05) is 0 Å². The minimum absolute atomic E-state index is 0.193. The molecule has 0 radical (unpaired) electrons. The molecule has 1 aliphatic carbocycles. The standard InChI is InChI=1S/C10H14Br3NO5S/c11-10(12,13)20(18,19)7-3-1-2-6(4-7)9(17)14-5-8(15)16/h6-7H,1-5H2,(H,14,17)(H,15,16). The Hall–Kier alpha value is 0.330. The molecular formula is C10H14Br3NO5S. The molecule has 2 N–H and O–H groups in total. The van der Waals surface area contributed by atoms with Crippen molar-refractivity contribution in [2.45, 2.75) is 32.4 Å². The van der Waals surface area contributed by atoms with E-state index < -0.39 is 40.9 Å². The molecule has 0 aromatic heterocycles. The van der Waals surface area contributed by atoms with Crippen molar-refractivity contribution >= 4 is 69.5 Å². The number of carboxylic acids is 1. The Morgan fingerprint density at radius 3 is 2.35 bits per heavy atom. The number of hydrogen-bond donors (Lipinski definition) is 2. The first-order valence-electron chi connectivity index (χ1n) is 5.85. The second kappa shape index (κ2) is 7.06. The largest absolute Gasteiger partial charge is 0.480 e. The third-order valence-corrected chi connectivity index (χ3v) is 9.18. The molecule has 1 aliphatic rings. The van der Waals surface area contributed by atoms with Crippen molar-refractivity contribution in [2.75, 3.05) is 6.54 Å². The first-order valence-corrected chi connectivity index (χ1v) is 9.78. The van der Waals surface area contributed by atoms with Crippen molar-refractivity contribution in [3.8, 4) is 0 Å². The average Bonchev–Trinajstić information content (AvgIpc) is 2.34. The fourth-order valence-electron chi connectivity index (χ4n) is 2.16. The van der Waals surface area contributed by atoms with Gasteiger partial charge in [0.25, 0.3) is 0 Å². The third-order valence-electron chi connectivity index (χ3n) is 3.17. The molecule has 0 aromatic rings. The van der Waals surface area contributed by atoms with Crippen LogP contribution in [-0.2, 0) is 19.4 Å². The van der Waals surface area contributed by atoms with Gasteiger partial charge in [-0.05, 0) is 67.1 Å². The maximum Gasteiger partial charge on any atom is 0.322 e. The smallest absolute Gasteiger partial charge is 0.322 e. The quantitative estimate of drug-likeness (QED) is 0.576. The Bertz CT molecular complexity index is 488. The summed E-state index contributed by atoms with van der Waals surface area (Å²) in [6, 6.07) is 0. The van der Waals surface area contributed by atoms with Crippen molar-refractivity contribution in [3.05, 3.63) is 0 Å². The molecule has 0 aliphatic heterocycles. The molecule has 1 saturated carbocycles. The Balaban J connectivity index is 2.73. The van der Waals surface area contributed by atoms with Gasteiger partial charge in [0.15, 0.2) is 9.84 Å². The highest BCUT2D eigenvalue weighted by Crippen LogP contribution is 2.45. The molecule has 10 heteroatoms. The minimum atomic E-state index is -3.54. The second-order valence-corrected chi connectivity index (χ2v) is 15.3. The van der Waals surface area contributed by atoms with E-state index in [0.29, 0.717) is 19.3 Å². The van der Waals surface area contributed by atoms with Crippen LogP contribution < -0.4 is 5.32 Å². The van der Waals surface area contributed by atoms with E-state index >= 15 is 0 Å². The molecule has 0 aromatic carbocycles. The summed E-state index contributed by atoms with van der Waals surface area (Å²) in [5, 5.41) is 10.2. The maximum atomic E-state index is 12.3. The zero-order valence-corrected chi connectivity index (χ0v) is 15.9. The lowest BCUT2D eigenvalue weighted by Gasteiger charge is -2.30. The molecule has 1 fully saturated rings. The zero-order chi connectivity index (χ0) is 15.6. The van der Waals surface area contributed by atoms with Crippen LogP contribution in [0, 0.1) is 5.92 Å². The Labute approximate surface area is 142 Å². The number of aliphatic carboxylic acids is 1. The number of halogens is 3. The van der Waals surface area contributed by atoms with E-state index in [-0.39, 0.29) is 6.42 Å². The molecule has 2 unspecified atom stereocenters. The topological polar surface area (TPSA) is 101 Å². The predicted octanol–water partition coefficient (Wildman–Crippen LogP) is 1.96. The molecule has 116 valence electrons. The van der Waals surface area contributed by atoms with Gasteiger partial charge in [-0.2, -0.15) is 0 Å². The minimum Gasteiger partial charge on any atom is -0.480 e. The fourth-order valence-corrected chi connectivity index (χ4v) is 5.88. The summed E-state index contributed by atoms with van der Waals surface area (Å²) >= 11 is 9.03. The molecule has 1 amide bonds. The van der Waals surface area contributed by atoms with Crippen LogP contribution in [0.5, 0.6) is 0 Å². The maximum absolute atomic E-state index is 12.3. The monoisotopic (exact) mass is 497 g/mol. The zero-order valence-electron chi connectivity index (χ0n) is 10.3. The van der Waals surface area contributed by atoms with E-state index in [2.05, 4.69) is 53.1 Å². The number of hydrogen-bond acceptors (Lipinski definition) is 4. The summed E-state index contributed by atoms with van der Waals surface area (Å²) in [5.41, 5.74) is 0. The molecule has 0 spiro atoms. The highest BCUT2D eigenvalue weighted by Gasteiger charge is 2.44. The summed E-state index contributed by atoms with van der Waals surface area (Å²) < 4.78 is 23.2. The van der Waals surface area contributed by atoms with Crippen LogP contribution >= 0.6 is 47.8 Å². The summed E-state index contributed by atoms with van der Waals surface area (Å²) in [7, 11) is -3.54. The van der Waals surface area contributed by atoms with E-state index in [4.69, 9.17) is 5.11 Å². The van der Waals surface area contributed by atoms with Gasteiger partial charge >= 0.3 is 5.97 Å². The molecule has 0 saturated heterocycles. The lowest BCUT2D eigenvalue weighted by Crippen LogP contribution is -2.41. The Morgan fingerprint density at radius 2 is 1.85 bits per heavy atom. The second-order valence-electron chi connectivity index (χ2n) is 4.59. The van der Waals surface area contributed by atoms with Crippen LogP contribution in [0.3, 0.4) is 0 Å². The number of carbonyl (C=O) groups excluding carboxylic acids is 1. The molecular weight excluding hydrogens is 486 g/mol. The average molecular weight is 500 g/mol. The molecule has 0 heterocycles. The first-order chi connectivity index (χ1) is 9.05. The van der Waals surface area contributed by atoms with Gasteiger partial charge in [-0.1, -0.05) is 6.42 Å². The number of rotatable bonds is 4. The molecule has 1 rings (SSSR count). The van der Waals surface area contributed by atoms with E-state index in [1.165, 1.54) is 0 Å². The normalized spacial score (nSPS) is 24.1. The van der Waals surface area contributed by atoms with Crippen molar-refractivity contribution in [1.29, 1.82) is 0 Å². The SMILES string of the molecule is O=C(O)CNC(=O)C1CCCC(S(=O)(=O)C(Br)(Br)Br)C1. The lowest BCUT2D eigenvalue weighted by molar-refractivity contribution is -0.138. The first kappa shape index (κ1) is 18.4. The summed E-state index contributed by atoms with van der Waals surface area (Å²) in [4.78, 5) is 22.2. The van der Waals surface area contributed by atoms with Crippen LogP contribution in [0.1, 0.15) is 25.7 Å². The van der Waals surface area contributed by atoms with Crippen molar-refractivity contribution < 1.29 is 23.1 Å². The van der Waals surface area contributed by atoms with E-state index in [1.54, 1.807) is 0 Å². The Kier molecular flexibility index (Phi) is 6.49. The number of alkyl halides is 3. The van der Waals surface area contributed by atoms with Gasteiger partial charge in [0, 0.05) is 5.92 Å². The van der Waals surface area contributed by atoms with Crippen molar-refractivity contribution in [1.82, 2.24) is 5.32 Å². The van der Waals surface area contributed by atoms with E-state index in [0.717, 1.165) is 0 Å². The lowest BCUT2D eigenvalue weighted by atomic mass is 9.88. The number of sulfone groups is 1. The predicted molar refractivity (Wildman–Crippen MR) is 84.8 cm³/mol. The van der Waals surface area contributed by atoms with Crippen LogP contribution in [0.4, 0.5) is 0 Å². The summed E-state index contributed by atoms with van der Waals surface area (Å²) in [5.74, 6) is -2.01. The molecule has 0 bridgehead atoms. The van der Waals surface area contributed by atoms with Gasteiger partial charge in [0.1, 0.15) is 6.54 Å². The number of nitrogens with one attached hydrogen (secondary N) is 1. The van der Waals surface area contributed by atoms with Crippen LogP contribution in [-0.4, -0.2) is 38.7 Å². The van der Waals surface area contributed by atoms with Gasteiger partial charge in [-0.3, -0.25) is 9.59 Å². The fraction of sp³-hybridized carbons (Fsp3) is 0.800. The van der Waals surface area contributed by atoms with Crippen LogP contribution in [0.15, 0.2) is 0 Å². The number of amides is 1. The van der Waals surface area contributed by atoms with Gasteiger partial charge in [-0.25, -0.2) is 8.42 Å². The molecule has 2 atom stereocenters. The highest BCUT2D eigenvalue weighted by atomic mass is 80.0. The summed E-state index contributed by atoms with van der Waals surface area (Å²) in [6.07, 6.45) is 1.85. The van der Waals surface area contributed by atoms with Gasteiger partial charge in [-0.15, -0.1) is 0 Å². The van der Waals surface area contributed by atoms with Gasteiger partial charge in [0.2, 0.25) is 7.38 Å². The van der Waals surface area contributed by atoms with Crippen LogP contribution in [0.25, 0.3) is 0 Å². The third kappa shape index (κ3) is 4.67. The van der Waals surface area contributed by atoms with Crippen molar-refractivity contribution in [2.24, 2.45) is 5.92 Å². The van der Waals surface area contributed by atoms with Crippen molar-refractivity contribution in [3.63, 3.8) is 0 Å². The van der Waals surface area contributed by atoms with E-state index in [9.17, 15) is 18.0 Å². The van der Waals surface area contributed by atoms with Crippen LogP contribution in [0.2, 0.25) is 0 Å². The highest BCUT2D eigenvalue weighted by molar-refractivity contribution is 9.42. The van der Waals surface area contributed by atoms with Gasteiger partial charge in [0.05, 0.1) is 5.25 Å². The molecule has 6 nitrogen and oxygen atoms in total. The number of carboxylic acid groups (broad SMARTS) is 1.